The maximum atomic E-state index is 14.3. The highest BCUT2D eigenvalue weighted by Gasteiger charge is 2.48. The molecule has 2 aromatic carbocycles. The number of hydrogen-bond donors (Lipinski definition) is 2. The maximum absolute atomic E-state index is 14.3. The Hall–Kier alpha value is -2.41. The van der Waals surface area contributed by atoms with E-state index < -0.39 is 0 Å². The number of aliphatic hydroxyl groups is 1. The fraction of sp³-hybridized carbons (Fsp3) is 0.500. The monoisotopic (exact) mass is 463 g/mol. The summed E-state index contributed by atoms with van der Waals surface area (Å²) in [5.74, 6) is 1.49. The first-order valence-electron chi connectivity index (χ1n) is 12.6. The first-order valence-corrected chi connectivity index (χ1v) is 12.6. The van der Waals surface area contributed by atoms with Gasteiger partial charge in [-0.15, -0.1) is 0 Å². The summed E-state index contributed by atoms with van der Waals surface area (Å²) in [7, 11) is 1.70. The number of aromatic amines is 1. The average Bonchev–Trinajstić information content (AvgIpc) is 3.58. The van der Waals surface area contributed by atoms with E-state index in [4.69, 9.17) is 4.74 Å². The van der Waals surface area contributed by atoms with Crippen molar-refractivity contribution in [1.82, 2.24) is 14.8 Å². The van der Waals surface area contributed by atoms with E-state index in [2.05, 4.69) is 26.9 Å². The first-order chi connectivity index (χ1) is 16.6. The van der Waals surface area contributed by atoms with Crippen LogP contribution in [-0.2, 0) is 12.0 Å². The average molecular weight is 464 g/mol. The standard InChI is InChI=1S/C28H34FN3O2/c1-34-21-8-9-22-24(14-21)30-27-25(17-33)32(15-19-6-7-19)18-28(26(22)27)10-12-31(13-11-28)16-20-4-2-3-5-23(20)29/h2-5,8-9,14,19,25,30,33H,6-7,10-13,15-18H2,1H3/t25-/m1/s1. The molecule has 5 nitrogen and oxygen atoms in total. The molecule has 6 rings (SSSR count). The van der Waals surface area contributed by atoms with Crippen molar-refractivity contribution in [1.29, 1.82) is 0 Å². The fourth-order valence-corrected chi connectivity index (χ4v) is 6.35. The van der Waals surface area contributed by atoms with Crippen LogP contribution in [0.15, 0.2) is 42.5 Å². The SMILES string of the molecule is COc1ccc2c3c([nH]c2c1)[C@@H](CO)N(CC1CC1)CC31CCN(Cc2ccccc2F)CC1. The predicted octanol–water partition coefficient (Wildman–Crippen LogP) is 4.61. The van der Waals surface area contributed by atoms with Gasteiger partial charge in [0, 0.05) is 53.3 Å². The molecule has 2 aliphatic heterocycles. The van der Waals surface area contributed by atoms with Crippen LogP contribution in [0.4, 0.5) is 4.39 Å². The van der Waals surface area contributed by atoms with E-state index in [0.717, 1.165) is 61.8 Å². The highest BCUT2D eigenvalue weighted by Crippen LogP contribution is 2.50. The third kappa shape index (κ3) is 3.82. The summed E-state index contributed by atoms with van der Waals surface area (Å²) < 4.78 is 19.8. The molecule has 3 aliphatic rings. The van der Waals surface area contributed by atoms with Crippen LogP contribution in [0.3, 0.4) is 0 Å². The third-order valence-corrected chi connectivity index (χ3v) is 8.37. The second-order valence-electron chi connectivity index (χ2n) is 10.5. The van der Waals surface area contributed by atoms with E-state index in [9.17, 15) is 9.50 Å². The fourth-order valence-electron chi connectivity index (χ4n) is 6.35. The summed E-state index contributed by atoms with van der Waals surface area (Å²) >= 11 is 0. The Morgan fingerprint density at radius 1 is 1.15 bits per heavy atom. The molecule has 6 heteroatoms. The van der Waals surface area contributed by atoms with E-state index in [1.54, 1.807) is 19.2 Å². The zero-order valence-electron chi connectivity index (χ0n) is 19.9. The van der Waals surface area contributed by atoms with Crippen molar-refractivity contribution in [2.75, 3.05) is 39.9 Å². The van der Waals surface area contributed by atoms with Crippen molar-refractivity contribution in [3.8, 4) is 5.75 Å². The predicted molar refractivity (Wildman–Crippen MR) is 132 cm³/mol. The van der Waals surface area contributed by atoms with Gasteiger partial charge in [0.25, 0.3) is 0 Å². The van der Waals surface area contributed by atoms with Gasteiger partial charge in [-0.1, -0.05) is 18.2 Å². The number of H-pyrrole nitrogens is 1. The molecule has 1 spiro atoms. The van der Waals surface area contributed by atoms with E-state index in [1.807, 2.05) is 18.2 Å². The number of methoxy groups -OCH3 is 1. The van der Waals surface area contributed by atoms with Crippen LogP contribution in [0.1, 0.15) is 48.5 Å². The second-order valence-corrected chi connectivity index (χ2v) is 10.5. The van der Waals surface area contributed by atoms with Crippen molar-refractivity contribution in [2.24, 2.45) is 5.92 Å². The van der Waals surface area contributed by atoms with Gasteiger partial charge in [-0.25, -0.2) is 4.39 Å². The lowest BCUT2D eigenvalue weighted by Crippen LogP contribution is -2.54. The number of benzene rings is 2. The number of piperidine rings is 1. The minimum Gasteiger partial charge on any atom is -0.497 e. The zero-order valence-corrected chi connectivity index (χ0v) is 19.9. The molecule has 1 aliphatic carbocycles. The summed E-state index contributed by atoms with van der Waals surface area (Å²) in [6.07, 6.45) is 4.67. The summed E-state index contributed by atoms with van der Waals surface area (Å²) in [4.78, 5) is 8.63. The maximum Gasteiger partial charge on any atom is 0.127 e. The Kier molecular flexibility index (Phi) is 5.63. The van der Waals surface area contributed by atoms with Gasteiger partial charge in [0.1, 0.15) is 11.6 Å². The number of rotatable bonds is 6. The molecule has 1 aromatic heterocycles. The molecule has 1 atom stereocenters. The number of ether oxygens (including phenoxy) is 1. The third-order valence-electron chi connectivity index (χ3n) is 8.37. The van der Waals surface area contributed by atoms with E-state index >= 15 is 0 Å². The van der Waals surface area contributed by atoms with Crippen LogP contribution in [0.2, 0.25) is 0 Å². The highest BCUT2D eigenvalue weighted by atomic mass is 19.1. The van der Waals surface area contributed by atoms with Crippen molar-refractivity contribution < 1.29 is 14.2 Å². The molecule has 0 amide bonds. The lowest BCUT2D eigenvalue weighted by atomic mass is 9.68. The quantitative estimate of drug-likeness (QED) is 0.561. The van der Waals surface area contributed by atoms with Gasteiger partial charge in [-0.2, -0.15) is 0 Å². The minimum atomic E-state index is -0.116. The minimum absolute atomic E-state index is 0.0102. The van der Waals surface area contributed by atoms with Gasteiger partial charge < -0.3 is 14.8 Å². The number of aromatic nitrogens is 1. The Morgan fingerprint density at radius 3 is 2.65 bits per heavy atom. The van der Waals surface area contributed by atoms with Crippen molar-refractivity contribution in [3.05, 3.63) is 65.1 Å². The van der Waals surface area contributed by atoms with Crippen LogP contribution in [0.5, 0.6) is 5.75 Å². The largest absolute Gasteiger partial charge is 0.497 e. The Bertz CT molecular complexity index is 1180. The van der Waals surface area contributed by atoms with Gasteiger partial charge in [0.2, 0.25) is 0 Å². The molecule has 0 radical (unpaired) electrons. The van der Waals surface area contributed by atoms with Gasteiger partial charge >= 0.3 is 0 Å². The van der Waals surface area contributed by atoms with Crippen LogP contribution in [0, 0.1) is 11.7 Å². The van der Waals surface area contributed by atoms with Crippen LogP contribution < -0.4 is 4.74 Å². The van der Waals surface area contributed by atoms with Gasteiger partial charge in [0.15, 0.2) is 0 Å². The van der Waals surface area contributed by atoms with Crippen molar-refractivity contribution in [3.63, 3.8) is 0 Å². The molecule has 3 aromatic rings. The number of fused-ring (bicyclic) bond motifs is 4. The molecule has 180 valence electrons. The molecule has 1 saturated carbocycles. The molecule has 3 heterocycles. The molecule has 2 N–H and O–H groups in total. The van der Waals surface area contributed by atoms with Crippen molar-refractivity contribution >= 4 is 10.9 Å². The van der Waals surface area contributed by atoms with Crippen LogP contribution in [-0.4, -0.2) is 59.8 Å². The van der Waals surface area contributed by atoms with E-state index in [-0.39, 0.29) is 23.9 Å². The molecule has 34 heavy (non-hydrogen) atoms. The van der Waals surface area contributed by atoms with Crippen molar-refractivity contribution in [2.45, 2.75) is 43.7 Å². The van der Waals surface area contributed by atoms with Gasteiger partial charge in [0.05, 0.1) is 19.8 Å². The second kappa shape index (κ2) is 8.67. The van der Waals surface area contributed by atoms with Crippen LogP contribution in [0.25, 0.3) is 10.9 Å². The summed E-state index contributed by atoms with van der Waals surface area (Å²) in [5.41, 5.74) is 4.47. The molecule has 2 fully saturated rings. The van der Waals surface area contributed by atoms with Gasteiger partial charge in [-0.05, 0) is 68.5 Å². The normalized spacial score (nSPS) is 22.9. The number of likely N-dealkylation sites (tertiary alicyclic amines) is 1. The lowest BCUT2D eigenvalue weighted by molar-refractivity contribution is 0.0439. The number of hydrogen-bond acceptors (Lipinski definition) is 4. The Labute approximate surface area is 200 Å². The highest BCUT2D eigenvalue weighted by molar-refractivity contribution is 5.87. The molecule has 0 unspecified atom stereocenters. The molecule has 1 saturated heterocycles. The number of aliphatic hydroxyl groups excluding tert-OH is 1. The first kappa shape index (κ1) is 22.1. The summed E-state index contributed by atoms with van der Waals surface area (Å²) in [6, 6.07) is 13.4. The molecular formula is C28H34FN3O2. The smallest absolute Gasteiger partial charge is 0.127 e. The summed E-state index contributed by atoms with van der Waals surface area (Å²) in [5, 5.41) is 11.7. The van der Waals surface area contributed by atoms with E-state index in [0.29, 0.717) is 6.54 Å². The van der Waals surface area contributed by atoms with E-state index in [1.165, 1.54) is 29.5 Å². The number of nitrogens with one attached hydrogen (secondary N) is 1. The molecular weight excluding hydrogens is 429 g/mol. The Morgan fingerprint density at radius 2 is 1.94 bits per heavy atom. The Balaban J connectivity index is 1.35. The van der Waals surface area contributed by atoms with Crippen LogP contribution >= 0.6 is 0 Å². The number of nitrogens with zero attached hydrogens (tertiary/aromatic N) is 2. The lowest BCUT2D eigenvalue weighted by Gasteiger charge is -2.50. The topological polar surface area (TPSA) is 51.7 Å². The number of halogens is 1. The zero-order chi connectivity index (χ0) is 23.3. The van der Waals surface area contributed by atoms with Gasteiger partial charge in [-0.3, -0.25) is 9.80 Å². The summed E-state index contributed by atoms with van der Waals surface area (Å²) in [6.45, 7) is 4.71. The molecule has 0 bridgehead atoms.